The standard InChI is InChI=1S/C19H24FN5O/c1-23-17-5-6-18(23)13-24(8-7-17)19(26)22-16-10-21-25(12-16)11-14-3-2-4-15(20)9-14/h2-4,9-10,12,17-18H,5-8,11,13H2,1H3,(H,22,26)/t17-,18+/m0/s1. The van der Waals surface area contributed by atoms with Crippen molar-refractivity contribution in [3.63, 3.8) is 0 Å². The lowest BCUT2D eigenvalue weighted by Gasteiger charge is -2.25. The average Bonchev–Trinajstić information content (AvgIpc) is 3.11. The van der Waals surface area contributed by atoms with Crippen LogP contribution in [-0.4, -0.2) is 57.8 Å². The molecule has 0 unspecified atom stereocenters. The Morgan fingerprint density at radius 3 is 3.00 bits per heavy atom. The summed E-state index contributed by atoms with van der Waals surface area (Å²) in [7, 11) is 2.17. The van der Waals surface area contributed by atoms with Crippen LogP contribution in [0, 0.1) is 5.82 Å². The molecule has 0 radical (unpaired) electrons. The molecule has 2 amide bonds. The van der Waals surface area contributed by atoms with Crippen molar-refractivity contribution in [2.45, 2.75) is 37.9 Å². The number of likely N-dealkylation sites (tertiary alicyclic amines) is 1. The van der Waals surface area contributed by atoms with Crippen molar-refractivity contribution >= 4 is 11.7 Å². The molecule has 2 aliphatic rings. The normalized spacial score (nSPS) is 23.1. The van der Waals surface area contributed by atoms with Crippen LogP contribution in [0.15, 0.2) is 36.7 Å². The number of nitrogens with zero attached hydrogens (tertiary/aromatic N) is 4. The molecule has 1 N–H and O–H groups in total. The topological polar surface area (TPSA) is 53.4 Å². The molecule has 2 aliphatic heterocycles. The molecule has 0 spiro atoms. The zero-order chi connectivity index (χ0) is 18.1. The van der Waals surface area contributed by atoms with Gasteiger partial charge in [0.1, 0.15) is 5.82 Å². The first kappa shape index (κ1) is 17.0. The van der Waals surface area contributed by atoms with Crippen LogP contribution in [0.4, 0.5) is 14.9 Å². The van der Waals surface area contributed by atoms with Gasteiger partial charge in [-0.3, -0.25) is 9.58 Å². The van der Waals surface area contributed by atoms with E-state index in [4.69, 9.17) is 0 Å². The van der Waals surface area contributed by atoms with Crippen molar-refractivity contribution in [1.82, 2.24) is 19.6 Å². The molecule has 2 aromatic rings. The van der Waals surface area contributed by atoms with E-state index >= 15 is 0 Å². The Morgan fingerprint density at radius 1 is 1.31 bits per heavy atom. The Kier molecular flexibility index (Phi) is 4.63. The van der Waals surface area contributed by atoms with Gasteiger partial charge >= 0.3 is 6.03 Å². The van der Waals surface area contributed by atoms with E-state index in [0.29, 0.717) is 24.3 Å². The van der Waals surface area contributed by atoms with Crippen LogP contribution in [0.2, 0.25) is 0 Å². The Labute approximate surface area is 152 Å². The SMILES string of the molecule is CN1[C@H]2CC[C@@H]1CN(C(=O)Nc1cnn(Cc3cccc(F)c3)c1)CC2. The van der Waals surface area contributed by atoms with E-state index in [1.807, 2.05) is 11.0 Å². The predicted octanol–water partition coefficient (Wildman–Crippen LogP) is 2.77. The maximum atomic E-state index is 13.3. The Balaban J connectivity index is 1.37. The summed E-state index contributed by atoms with van der Waals surface area (Å²) in [5.41, 5.74) is 1.49. The first-order valence-corrected chi connectivity index (χ1v) is 9.13. The maximum absolute atomic E-state index is 13.3. The van der Waals surface area contributed by atoms with Crippen LogP contribution in [0.5, 0.6) is 0 Å². The summed E-state index contributed by atoms with van der Waals surface area (Å²) in [4.78, 5) is 17.0. The van der Waals surface area contributed by atoms with Gasteiger partial charge in [-0.1, -0.05) is 12.1 Å². The van der Waals surface area contributed by atoms with Gasteiger partial charge in [-0.25, -0.2) is 9.18 Å². The number of halogens is 1. The van der Waals surface area contributed by atoms with E-state index in [2.05, 4.69) is 22.4 Å². The minimum atomic E-state index is -0.261. The number of urea groups is 1. The summed E-state index contributed by atoms with van der Waals surface area (Å²) in [6.07, 6.45) is 6.84. The Hall–Kier alpha value is -2.41. The number of aromatic nitrogens is 2. The zero-order valence-corrected chi connectivity index (χ0v) is 14.9. The van der Waals surface area contributed by atoms with Gasteiger partial charge in [0.15, 0.2) is 0 Å². The molecule has 1 aromatic carbocycles. The maximum Gasteiger partial charge on any atom is 0.321 e. The second kappa shape index (κ2) is 7.07. The van der Waals surface area contributed by atoms with Gasteiger partial charge in [-0.2, -0.15) is 5.10 Å². The van der Waals surface area contributed by atoms with E-state index < -0.39 is 0 Å². The molecule has 2 fully saturated rings. The molecule has 1 aromatic heterocycles. The second-order valence-electron chi connectivity index (χ2n) is 7.27. The fraction of sp³-hybridized carbons (Fsp3) is 0.474. The average molecular weight is 357 g/mol. The van der Waals surface area contributed by atoms with Gasteiger partial charge < -0.3 is 10.2 Å². The lowest BCUT2D eigenvalue weighted by molar-refractivity contribution is 0.200. The number of carbonyl (C=O) groups excluding carboxylic acids is 1. The van der Waals surface area contributed by atoms with E-state index in [1.165, 1.54) is 18.6 Å². The van der Waals surface area contributed by atoms with E-state index in [0.717, 1.165) is 31.5 Å². The number of fused-ring (bicyclic) bond motifs is 2. The smallest absolute Gasteiger partial charge is 0.321 e. The van der Waals surface area contributed by atoms with Gasteiger partial charge in [0, 0.05) is 31.4 Å². The highest BCUT2D eigenvalue weighted by Crippen LogP contribution is 2.28. The van der Waals surface area contributed by atoms with Crippen molar-refractivity contribution in [1.29, 1.82) is 0 Å². The molecule has 2 saturated heterocycles. The number of hydrogen-bond acceptors (Lipinski definition) is 3. The molecule has 26 heavy (non-hydrogen) atoms. The number of nitrogens with one attached hydrogen (secondary N) is 1. The summed E-state index contributed by atoms with van der Waals surface area (Å²) < 4.78 is 15.0. The van der Waals surface area contributed by atoms with Gasteiger partial charge in [0.25, 0.3) is 0 Å². The molecule has 0 saturated carbocycles. The van der Waals surface area contributed by atoms with Crippen molar-refractivity contribution in [3.8, 4) is 0 Å². The molecule has 2 bridgehead atoms. The van der Waals surface area contributed by atoms with Crippen molar-refractivity contribution in [2.75, 3.05) is 25.5 Å². The van der Waals surface area contributed by atoms with Crippen molar-refractivity contribution in [2.24, 2.45) is 0 Å². The van der Waals surface area contributed by atoms with Crippen LogP contribution in [0.3, 0.4) is 0 Å². The van der Waals surface area contributed by atoms with Crippen LogP contribution >= 0.6 is 0 Å². The molecule has 4 rings (SSSR count). The van der Waals surface area contributed by atoms with Gasteiger partial charge in [-0.15, -0.1) is 0 Å². The van der Waals surface area contributed by atoms with Crippen LogP contribution in [-0.2, 0) is 6.54 Å². The Bertz CT molecular complexity index is 792. The predicted molar refractivity (Wildman–Crippen MR) is 97.5 cm³/mol. The van der Waals surface area contributed by atoms with E-state index in [1.54, 1.807) is 23.1 Å². The first-order valence-electron chi connectivity index (χ1n) is 9.13. The van der Waals surface area contributed by atoms with E-state index in [-0.39, 0.29) is 11.8 Å². The fourth-order valence-corrected chi connectivity index (χ4v) is 4.03. The summed E-state index contributed by atoms with van der Waals surface area (Å²) in [6.45, 7) is 2.02. The summed E-state index contributed by atoms with van der Waals surface area (Å²) in [5, 5.41) is 7.20. The highest BCUT2D eigenvalue weighted by molar-refractivity contribution is 5.89. The second-order valence-corrected chi connectivity index (χ2v) is 7.27. The number of anilines is 1. The fourth-order valence-electron chi connectivity index (χ4n) is 4.03. The Morgan fingerprint density at radius 2 is 2.15 bits per heavy atom. The molecular weight excluding hydrogens is 333 g/mol. The number of amides is 2. The number of rotatable bonds is 3. The highest BCUT2D eigenvalue weighted by atomic mass is 19.1. The quantitative estimate of drug-likeness (QED) is 0.919. The van der Waals surface area contributed by atoms with Crippen molar-refractivity contribution < 1.29 is 9.18 Å². The third kappa shape index (κ3) is 3.58. The van der Waals surface area contributed by atoms with Gasteiger partial charge in [-0.05, 0) is 44.0 Å². The monoisotopic (exact) mass is 357 g/mol. The number of hydrogen-bond donors (Lipinski definition) is 1. The summed E-state index contributed by atoms with van der Waals surface area (Å²) in [5.74, 6) is -0.261. The summed E-state index contributed by atoms with van der Waals surface area (Å²) in [6, 6.07) is 7.44. The third-order valence-electron chi connectivity index (χ3n) is 5.55. The van der Waals surface area contributed by atoms with Gasteiger partial charge in [0.2, 0.25) is 0 Å². The highest BCUT2D eigenvalue weighted by Gasteiger charge is 2.35. The molecule has 7 heteroatoms. The zero-order valence-electron chi connectivity index (χ0n) is 14.9. The van der Waals surface area contributed by atoms with E-state index in [9.17, 15) is 9.18 Å². The van der Waals surface area contributed by atoms with Gasteiger partial charge in [0.05, 0.1) is 18.4 Å². The molecular formula is C19H24FN5O. The van der Waals surface area contributed by atoms with Crippen LogP contribution < -0.4 is 5.32 Å². The molecule has 138 valence electrons. The largest absolute Gasteiger partial charge is 0.323 e. The number of likely N-dealkylation sites (N-methyl/N-ethyl adjacent to an activating group) is 1. The van der Waals surface area contributed by atoms with Crippen molar-refractivity contribution in [3.05, 3.63) is 48.0 Å². The number of carbonyl (C=O) groups is 1. The number of benzene rings is 1. The lowest BCUT2D eigenvalue weighted by atomic mass is 10.1. The van der Waals surface area contributed by atoms with Crippen LogP contribution in [0.1, 0.15) is 24.8 Å². The molecule has 6 nitrogen and oxygen atoms in total. The first-order chi connectivity index (χ1) is 12.6. The molecule has 3 heterocycles. The van der Waals surface area contributed by atoms with Crippen LogP contribution in [0.25, 0.3) is 0 Å². The lowest BCUT2D eigenvalue weighted by Crippen LogP contribution is -2.41. The minimum Gasteiger partial charge on any atom is -0.323 e. The summed E-state index contributed by atoms with van der Waals surface area (Å²) >= 11 is 0. The minimum absolute atomic E-state index is 0.0729. The molecule has 2 atom stereocenters. The molecule has 0 aliphatic carbocycles. The third-order valence-corrected chi connectivity index (χ3v) is 5.55.